The van der Waals surface area contributed by atoms with Gasteiger partial charge in [0.15, 0.2) is 0 Å². The van der Waals surface area contributed by atoms with Gasteiger partial charge in [0.2, 0.25) is 5.88 Å². The summed E-state index contributed by atoms with van der Waals surface area (Å²) < 4.78 is 5.66. The monoisotopic (exact) mass is 302 g/mol. The van der Waals surface area contributed by atoms with E-state index in [4.69, 9.17) is 4.74 Å². The van der Waals surface area contributed by atoms with Crippen LogP contribution in [0.15, 0.2) is 24.4 Å². The number of nitro groups is 1. The first-order valence-corrected chi connectivity index (χ1v) is 7.47. The van der Waals surface area contributed by atoms with E-state index in [1.54, 1.807) is 6.07 Å². The van der Waals surface area contributed by atoms with E-state index in [-0.39, 0.29) is 5.69 Å². The number of nitrogens with zero attached hydrogens (tertiary/aromatic N) is 3. The molecule has 0 amide bonds. The van der Waals surface area contributed by atoms with E-state index in [1.165, 1.54) is 31.2 Å². The number of hydrogen-bond acceptors (Lipinski definition) is 6. The minimum Gasteiger partial charge on any atom is -0.477 e. The lowest BCUT2D eigenvalue weighted by Crippen LogP contribution is -2.30. The maximum absolute atomic E-state index is 10.7. The smallest absolute Gasteiger partial charge is 0.271 e. The Kier molecular flexibility index (Phi) is 4.43. The lowest BCUT2D eigenvalue weighted by atomic mass is 9.97. The van der Waals surface area contributed by atoms with Crippen molar-refractivity contribution in [1.29, 1.82) is 0 Å². The van der Waals surface area contributed by atoms with Gasteiger partial charge in [0.1, 0.15) is 0 Å². The number of nitrogens with one attached hydrogen (secondary N) is 1. The lowest BCUT2D eigenvalue weighted by molar-refractivity contribution is -0.384. The van der Waals surface area contributed by atoms with E-state index in [2.05, 4.69) is 15.3 Å². The van der Waals surface area contributed by atoms with Crippen molar-refractivity contribution in [3.05, 3.63) is 34.5 Å². The molecule has 1 aliphatic heterocycles. The van der Waals surface area contributed by atoms with E-state index >= 15 is 0 Å². The van der Waals surface area contributed by atoms with Crippen LogP contribution in [-0.4, -0.2) is 34.6 Å². The molecule has 7 heteroatoms. The second-order valence-electron chi connectivity index (χ2n) is 5.49. The Morgan fingerprint density at radius 3 is 3.09 bits per heavy atom. The van der Waals surface area contributed by atoms with Crippen LogP contribution < -0.4 is 10.1 Å². The number of aromatic nitrogens is 2. The normalized spacial score (nSPS) is 18.3. The van der Waals surface area contributed by atoms with Gasteiger partial charge < -0.3 is 10.1 Å². The molecule has 0 radical (unpaired) electrons. The highest BCUT2D eigenvalue weighted by molar-refractivity contribution is 5.77. The number of rotatable bonds is 5. The second-order valence-corrected chi connectivity index (χ2v) is 5.49. The summed E-state index contributed by atoms with van der Waals surface area (Å²) in [6.07, 6.45) is 4.97. The van der Waals surface area contributed by atoms with Gasteiger partial charge in [-0.05, 0) is 44.3 Å². The van der Waals surface area contributed by atoms with Crippen LogP contribution in [0.25, 0.3) is 11.0 Å². The number of piperidine rings is 1. The van der Waals surface area contributed by atoms with Gasteiger partial charge in [-0.2, -0.15) is 0 Å². The molecule has 0 aliphatic carbocycles. The minimum atomic E-state index is -0.441. The van der Waals surface area contributed by atoms with Crippen LogP contribution in [0.2, 0.25) is 0 Å². The maximum atomic E-state index is 10.7. The minimum absolute atomic E-state index is 0.0141. The summed E-state index contributed by atoms with van der Waals surface area (Å²) in [5.41, 5.74) is 1.11. The van der Waals surface area contributed by atoms with E-state index in [1.807, 2.05) is 0 Å². The first-order chi connectivity index (χ1) is 10.7. The molecular formula is C15H18N4O3. The Bertz CT molecular complexity index is 671. The molecule has 7 nitrogen and oxygen atoms in total. The molecule has 22 heavy (non-hydrogen) atoms. The summed E-state index contributed by atoms with van der Waals surface area (Å²) in [4.78, 5) is 18.8. The van der Waals surface area contributed by atoms with Gasteiger partial charge in [-0.1, -0.05) is 0 Å². The molecule has 1 aromatic heterocycles. The molecule has 1 fully saturated rings. The maximum Gasteiger partial charge on any atom is 0.271 e. The van der Waals surface area contributed by atoms with Gasteiger partial charge in [0.05, 0.1) is 28.8 Å². The van der Waals surface area contributed by atoms with Crippen molar-refractivity contribution in [2.75, 3.05) is 19.7 Å². The predicted octanol–water partition coefficient (Wildman–Crippen LogP) is 2.31. The fraction of sp³-hybridized carbons (Fsp3) is 0.467. The quantitative estimate of drug-likeness (QED) is 0.673. The zero-order valence-electron chi connectivity index (χ0n) is 12.2. The lowest BCUT2D eigenvalue weighted by Gasteiger charge is -2.22. The molecule has 0 unspecified atom stereocenters. The van der Waals surface area contributed by atoms with E-state index in [9.17, 15) is 10.1 Å². The summed E-state index contributed by atoms with van der Waals surface area (Å²) in [5.74, 6) is 1.12. The summed E-state index contributed by atoms with van der Waals surface area (Å²) in [6, 6.07) is 4.44. The number of fused-ring (bicyclic) bond motifs is 1. The number of ether oxygens (including phenoxy) is 1. The zero-order valence-corrected chi connectivity index (χ0v) is 12.2. The van der Waals surface area contributed by atoms with Crippen molar-refractivity contribution in [2.45, 2.75) is 19.3 Å². The molecule has 0 spiro atoms. The predicted molar refractivity (Wildman–Crippen MR) is 81.9 cm³/mol. The molecule has 2 heterocycles. The number of hydrogen-bond donors (Lipinski definition) is 1. The fourth-order valence-electron chi connectivity index (χ4n) is 2.67. The standard InChI is InChI=1S/C15H18N4O3/c20-19(21)12-3-4-13-14(8-12)17-10-15(18-13)22-7-5-11-2-1-6-16-9-11/h3-4,8,10-11,16H,1-2,5-7,9H2/t11-/m1/s1. The van der Waals surface area contributed by atoms with Crippen molar-refractivity contribution in [3.8, 4) is 5.88 Å². The van der Waals surface area contributed by atoms with Gasteiger partial charge in [0, 0.05) is 12.1 Å². The van der Waals surface area contributed by atoms with Crippen molar-refractivity contribution >= 4 is 16.7 Å². The summed E-state index contributed by atoms with van der Waals surface area (Å²) >= 11 is 0. The molecule has 1 aromatic carbocycles. The van der Waals surface area contributed by atoms with Gasteiger partial charge in [-0.15, -0.1) is 0 Å². The number of nitro benzene ring substituents is 1. The number of benzene rings is 1. The first-order valence-electron chi connectivity index (χ1n) is 7.47. The summed E-state index contributed by atoms with van der Waals surface area (Å²) in [5, 5.41) is 14.1. The van der Waals surface area contributed by atoms with Crippen LogP contribution in [0.5, 0.6) is 5.88 Å². The van der Waals surface area contributed by atoms with Crippen molar-refractivity contribution in [3.63, 3.8) is 0 Å². The Labute approximate surface area is 127 Å². The van der Waals surface area contributed by atoms with Crippen molar-refractivity contribution < 1.29 is 9.66 Å². The molecule has 1 saturated heterocycles. The average Bonchev–Trinajstić information content (AvgIpc) is 2.55. The Balaban J connectivity index is 1.62. The van der Waals surface area contributed by atoms with Crippen LogP contribution in [0.1, 0.15) is 19.3 Å². The van der Waals surface area contributed by atoms with E-state index in [0.717, 1.165) is 19.5 Å². The molecule has 2 aromatic rings. The van der Waals surface area contributed by atoms with Gasteiger partial charge in [-0.25, -0.2) is 9.97 Å². The molecule has 116 valence electrons. The van der Waals surface area contributed by atoms with Crippen LogP contribution in [0, 0.1) is 16.0 Å². The first kappa shape index (κ1) is 14.6. The third kappa shape index (κ3) is 3.48. The molecule has 3 rings (SSSR count). The van der Waals surface area contributed by atoms with Crippen LogP contribution in [-0.2, 0) is 0 Å². The SMILES string of the molecule is O=[N+]([O-])c1ccc2nc(OCC[C@H]3CCCNC3)cnc2c1. The molecule has 1 atom stereocenters. The third-order valence-electron chi connectivity index (χ3n) is 3.89. The van der Waals surface area contributed by atoms with Crippen LogP contribution in [0.3, 0.4) is 0 Å². The Hall–Kier alpha value is -2.28. The van der Waals surface area contributed by atoms with E-state index in [0.29, 0.717) is 29.4 Å². The highest BCUT2D eigenvalue weighted by atomic mass is 16.6. The summed E-state index contributed by atoms with van der Waals surface area (Å²) in [7, 11) is 0. The average molecular weight is 302 g/mol. The number of non-ortho nitro benzene ring substituents is 1. The van der Waals surface area contributed by atoms with Gasteiger partial charge >= 0.3 is 0 Å². The van der Waals surface area contributed by atoms with Gasteiger partial charge in [0.25, 0.3) is 5.69 Å². The molecule has 1 N–H and O–H groups in total. The third-order valence-corrected chi connectivity index (χ3v) is 3.89. The molecule has 0 saturated carbocycles. The molecule has 0 bridgehead atoms. The summed E-state index contributed by atoms with van der Waals surface area (Å²) in [6.45, 7) is 2.77. The van der Waals surface area contributed by atoms with Crippen molar-refractivity contribution in [2.24, 2.45) is 5.92 Å². The molecule has 1 aliphatic rings. The zero-order chi connectivity index (χ0) is 15.4. The highest BCUT2D eigenvalue weighted by Crippen LogP contribution is 2.20. The topological polar surface area (TPSA) is 90.2 Å². The Morgan fingerprint density at radius 2 is 2.32 bits per heavy atom. The van der Waals surface area contributed by atoms with Crippen LogP contribution >= 0.6 is 0 Å². The second kappa shape index (κ2) is 6.65. The van der Waals surface area contributed by atoms with Crippen LogP contribution in [0.4, 0.5) is 5.69 Å². The fourth-order valence-corrected chi connectivity index (χ4v) is 2.67. The van der Waals surface area contributed by atoms with E-state index < -0.39 is 4.92 Å². The van der Waals surface area contributed by atoms with Gasteiger partial charge in [-0.3, -0.25) is 10.1 Å². The highest BCUT2D eigenvalue weighted by Gasteiger charge is 2.13. The molecular weight excluding hydrogens is 284 g/mol. The largest absolute Gasteiger partial charge is 0.477 e. The van der Waals surface area contributed by atoms with Crippen molar-refractivity contribution in [1.82, 2.24) is 15.3 Å². The Morgan fingerprint density at radius 1 is 1.41 bits per heavy atom.